The van der Waals surface area contributed by atoms with Crippen molar-refractivity contribution in [3.05, 3.63) is 39.9 Å². The second kappa shape index (κ2) is 5.64. The third kappa shape index (κ3) is 3.28. The first-order chi connectivity index (χ1) is 9.01. The maximum Gasteiger partial charge on any atom is 0.269 e. The van der Waals surface area contributed by atoms with Gasteiger partial charge in [-0.2, -0.15) is 0 Å². The molecule has 19 heavy (non-hydrogen) atoms. The van der Waals surface area contributed by atoms with Crippen molar-refractivity contribution in [2.45, 2.75) is 31.6 Å². The highest BCUT2D eigenvalue weighted by Crippen LogP contribution is 2.24. The first kappa shape index (κ1) is 13.9. The molecular weight excluding hydrogens is 248 g/mol. The zero-order valence-electron chi connectivity index (χ0n) is 10.8. The van der Waals surface area contributed by atoms with E-state index in [9.17, 15) is 15.2 Å². The van der Waals surface area contributed by atoms with Crippen LogP contribution in [0.4, 0.5) is 5.69 Å². The summed E-state index contributed by atoms with van der Waals surface area (Å²) in [5.41, 5.74) is 0.0562. The van der Waals surface area contributed by atoms with Gasteiger partial charge in [0.2, 0.25) is 0 Å². The first-order valence-corrected chi connectivity index (χ1v) is 6.29. The van der Waals surface area contributed by atoms with Gasteiger partial charge < -0.3 is 15.2 Å². The van der Waals surface area contributed by atoms with E-state index in [4.69, 9.17) is 4.74 Å². The standard InChI is InChI=1S/C13H18N2O4/c1-10-13(16,5-6-19-10)9-14-8-11-3-2-4-12(7-11)15(17)18/h2-4,7,10,14,16H,5-6,8-9H2,1H3. The van der Waals surface area contributed by atoms with Crippen LogP contribution in [-0.4, -0.2) is 34.9 Å². The highest BCUT2D eigenvalue weighted by molar-refractivity contribution is 5.34. The Morgan fingerprint density at radius 3 is 3.05 bits per heavy atom. The van der Waals surface area contributed by atoms with Gasteiger partial charge >= 0.3 is 0 Å². The van der Waals surface area contributed by atoms with Crippen LogP contribution in [0.1, 0.15) is 18.9 Å². The molecule has 1 aromatic carbocycles. The Morgan fingerprint density at radius 1 is 1.63 bits per heavy atom. The van der Waals surface area contributed by atoms with Crippen molar-refractivity contribution in [3.8, 4) is 0 Å². The fourth-order valence-corrected chi connectivity index (χ4v) is 2.21. The molecule has 6 nitrogen and oxygen atoms in total. The van der Waals surface area contributed by atoms with Crippen molar-refractivity contribution in [3.63, 3.8) is 0 Å². The molecule has 1 aromatic rings. The van der Waals surface area contributed by atoms with Gasteiger partial charge in [0.05, 0.1) is 11.0 Å². The SMILES string of the molecule is CC1OCCC1(O)CNCc1cccc([N+](=O)[O-])c1. The summed E-state index contributed by atoms with van der Waals surface area (Å²) in [7, 11) is 0. The quantitative estimate of drug-likeness (QED) is 0.618. The summed E-state index contributed by atoms with van der Waals surface area (Å²) < 4.78 is 5.34. The molecule has 2 unspecified atom stereocenters. The van der Waals surface area contributed by atoms with Crippen molar-refractivity contribution in [1.29, 1.82) is 0 Å². The molecule has 2 atom stereocenters. The number of non-ortho nitro benzene ring substituents is 1. The zero-order valence-corrected chi connectivity index (χ0v) is 10.8. The Kier molecular flexibility index (Phi) is 4.14. The van der Waals surface area contributed by atoms with Crippen molar-refractivity contribution >= 4 is 5.69 Å². The molecule has 0 aromatic heterocycles. The molecule has 1 saturated heterocycles. The summed E-state index contributed by atoms with van der Waals surface area (Å²) in [6.45, 7) is 3.31. The minimum atomic E-state index is -0.847. The Hall–Kier alpha value is -1.50. The lowest BCUT2D eigenvalue weighted by molar-refractivity contribution is -0.384. The van der Waals surface area contributed by atoms with E-state index in [0.29, 0.717) is 26.1 Å². The Morgan fingerprint density at radius 2 is 2.42 bits per heavy atom. The van der Waals surface area contributed by atoms with Crippen LogP contribution in [0, 0.1) is 10.1 Å². The van der Waals surface area contributed by atoms with Gasteiger partial charge in [0, 0.05) is 38.2 Å². The van der Waals surface area contributed by atoms with Gasteiger partial charge in [-0.1, -0.05) is 12.1 Å². The van der Waals surface area contributed by atoms with E-state index in [1.54, 1.807) is 6.07 Å². The molecule has 0 bridgehead atoms. The first-order valence-electron chi connectivity index (χ1n) is 6.29. The van der Waals surface area contributed by atoms with Crippen LogP contribution in [-0.2, 0) is 11.3 Å². The van der Waals surface area contributed by atoms with E-state index in [-0.39, 0.29) is 11.8 Å². The van der Waals surface area contributed by atoms with Crippen LogP contribution >= 0.6 is 0 Å². The number of nitrogens with zero attached hydrogens (tertiary/aromatic N) is 1. The largest absolute Gasteiger partial charge is 0.386 e. The van der Waals surface area contributed by atoms with Crippen molar-refractivity contribution < 1.29 is 14.8 Å². The summed E-state index contributed by atoms with van der Waals surface area (Å²) in [6, 6.07) is 6.47. The van der Waals surface area contributed by atoms with Gasteiger partial charge in [0.15, 0.2) is 0 Å². The lowest BCUT2D eigenvalue weighted by Crippen LogP contribution is -2.45. The molecule has 104 valence electrons. The molecule has 1 heterocycles. The maximum atomic E-state index is 10.7. The monoisotopic (exact) mass is 266 g/mol. The lowest BCUT2D eigenvalue weighted by Gasteiger charge is -2.26. The number of nitrogens with one attached hydrogen (secondary N) is 1. The van der Waals surface area contributed by atoms with Crippen molar-refractivity contribution in [2.75, 3.05) is 13.2 Å². The maximum absolute atomic E-state index is 10.7. The van der Waals surface area contributed by atoms with Crippen LogP contribution < -0.4 is 5.32 Å². The number of hydrogen-bond acceptors (Lipinski definition) is 5. The molecule has 6 heteroatoms. The second-order valence-corrected chi connectivity index (χ2v) is 4.90. The minimum Gasteiger partial charge on any atom is -0.386 e. The van der Waals surface area contributed by atoms with Gasteiger partial charge in [0.25, 0.3) is 5.69 Å². The highest BCUT2D eigenvalue weighted by Gasteiger charge is 2.38. The third-order valence-corrected chi connectivity index (χ3v) is 3.54. The fraction of sp³-hybridized carbons (Fsp3) is 0.538. The van der Waals surface area contributed by atoms with Crippen molar-refractivity contribution in [1.82, 2.24) is 5.32 Å². The minimum absolute atomic E-state index is 0.0792. The summed E-state index contributed by atoms with van der Waals surface area (Å²) in [6.07, 6.45) is 0.418. The predicted molar refractivity (Wildman–Crippen MR) is 69.8 cm³/mol. The normalized spacial score (nSPS) is 26.5. The average molecular weight is 266 g/mol. The van der Waals surface area contributed by atoms with E-state index in [2.05, 4.69) is 5.32 Å². The summed E-state index contributed by atoms with van der Waals surface area (Å²) in [5, 5.41) is 24.1. The van der Waals surface area contributed by atoms with Crippen LogP contribution in [0.2, 0.25) is 0 Å². The van der Waals surface area contributed by atoms with Gasteiger partial charge in [0.1, 0.15) is 5.60 Å². The molecule has 2 N–H and O–H groups in total. The Balaban J connectivity index is 1.89. The highest BCUT2D eigenvalue weighted by atomic mass is 16.6. The Labute approximate surface area is 111 Å². The third-order valence-electron chi connectivity index (χ3n) is 3.54. The van der Waals surface area contributed by atoms with Crippen LogP contribution in [0.3, 0.4) is 0 Å². The molecule has 1 fully saturated rings. The number of rotatable bonds is 5. The van der Waals surface area contributed by atoms with E-state index in [1.165, 1.54) is 12.1 Å². The molecule has 0 amide bonds. The zero-order chi connectivity index (χ0) is 13.9. The number of nitro groups is 1. The van der Waals surface area contributed by atoms with E-state index >= 15 is 0 Å². The molecule has 0 aliphatic carbocycles. The average Bonchev–Trinajstić information content (AvgIpc) is 2.70. The molecule has 1 aliphatic heterocycles. The summed E-state index contributed by atoms with van der Waals surface area (Å²) in [5.74, 6) is 0. The smallest absolute Gasteiger partial charge is 0.269 e. The van der Waals surface area contributed by atoms with Gasteiger partial charge in [-0.05, 0) is 12.5 Å². The molecular formula is C13H18N2O4. The number of ether oxygens (including phenoxy) is 1. The van der Waals surface area contributed by atoms with E-state index in [0.717, 1.165) is 5.56 Å². The molecule has 1 aliphatic rings. The second-order valence-electron chi connectivity index (χ2n) is 4.90. The number of hydrogen-bond donors (Lipinski definition) is 2. The molecule has 0 radical (unpaired) electrons. The number of aliphatic hydroxyl groups is 1. The fourth-order valence-electron chi connectivity index (χ4n) is 2.21. The van der Waals surface area contributed by atoms with Crippen LogP contribution in [0.15, 0.2) is 24.3 Å². The number of benzene rings is 1. The topological polar surface area (TPSA) is 84.6 Å². The van der Waals surface area contributed by atoms with Crippen LogP contribution in [0.25, 0.3) is 0 Å². The van der Waals surface area contributed by atoms with Gasteiger partial charge in [-0.15, -0.1) is 0 Å². The molecule has 2 rings (SSSR count). The van der Waals surface area contributed by atoms with Crippen LogP contribution in [0.5, 0.6) is 0 Å². The van der Waals surface area contributed by atoms with Gasteiger partial charge in [-0.25, -0.2) is 0 Å². The summed E-state index contributed by atoms with van der Waals surface area (Å²) in [4.78, 5) is 10.2. The van der Waals surface area contributed by atoms with E-state index in [1.807, 2.05) is 13.0 Å². The molecule has 0 spiro atoms. The van der Waals surface area contributed by atoms with Gasteiger partial charge in [-0.3, -0.25) is 10.1 Å². The van der Waals surface area contributed by atoms with E-state index < -0.39 is 10.5 Å². The summed E-state index contributed by atoms with van der Waals surface area (Å²) >= 11 is 0. The molecule has 0 saturated carbocycles. The van der Waals surface area contributed by atoms with Crippen molar-refractivity contribution in [2.24, 2.45) is 0 Å². The predicted octanol–water partition coefficient (Wildman–Crippen LogP) is 1.22. The number of nitro benzene ring substituents is 1. The Bertz CT molecular complexity index is 466. The lowest BCUT2D eigenvalue weighted by atomic mass is 9.96.